The van der Waals surface area contributed by atoms with Gasteiger partial charge < -0.3 is 26.7 Å². The Kier molecular flexibility index (Phi) is 15.0. The van der Waals surface area contributed by atoms with E-state index in [0.717, 1.165) is 0 Å². The summed E-state index contributed by atoms with van der Waals surface area (Å²) < 4.78 is 0. The first-order valence-electron chi connectivity index (χ1n) is 4.01. The monoisotopic (exact) mass is 259 g/mol. The molecule has 0 rings (SSSR count). The average molecular weight is 260 g/mol. The van der Waals surface area contributed by atoms with Crippen LogP contribution in [0.1, 0.15) is 12.8 Å². The summed E-state index contributed by atoms with van der Waals surface area (Å²) in [5, 5.41) is 13.0. The molecule has 1 unspecified atom stereocenters. The van der Waals surface area contributed by atoms with Gasteiger partial charge in [-0.1, -0.05) is 0 Å². The van der Waals surface area contributed by atoms with Crippen molar-refractivity contribution in [1.82, 2.24) is 5.32 Å². The van der Waals surface area contributed by atoms with Crippen LogP contribution in [0.4, 0.5) is 0 Å². The number of halogens is 2. The Bertz CT molecular complexity index is 197. The number of rotatable bonds is 6. The molecule has 5 N–H and O–H groups in total. The van der Waals surface area contributed by atoms with Crippen LogP contribution < -0.4 is 21.9 Å². The number of nitrogens with zero attached hydrogens (tertiary/aromatic N) is 1. The van der Waals surface area contributed by atoms with Gasteiger partial charge >= 0.3 is 0 Å². The molecule has 6 nitrogen and oxygen atoms in total. The van der Waals surface area contributed by atoms with Crippen molar-refractivity contribution in [3.63, 3.8) is 0 Å². The van der Waals surface area contributed by atoms with Crippen molar-refractivity contribution in [2.75, 3.05) is 13.6 Å². The third-order valence-corrected chi connectivity index (χ3v) is 1.58. The topological polar surface area (TPSA) is 117 Å². The largest absolute Gasteiger partial charge is 0.548 e. The highest BCUT2D eigenvalue weighted by Gasteiger charge is 2.05. The third kappa shape index (κ3) is 11.2. The number of nitrogens with one attached hydrogen (secondary N) is 1. The first-order valence-corrected chi connectivity index (χ1v) is 4.01. The molecular formula is C7H17Cl2N4O2-. The number of likely N-dealkylation sites (N-methyl/N-ethyl adjacent to an activating group) is 1. The minimum atomic E-state index is -1.10. The van der Waals surface area contributed by atoms with E-state index in [4.69, 9.17) is 11.5 Å². The first-order chi connectivity index (χ1) is 6.07. The van der Waals surface area contributed by atoms with Crippen molar-refractivity contribution in [2.24, 2.45) is 16.5 Å². The number of aliphatic carboxylic acids is 1. The van der Waals surface area contributed by atoms with Gasteiger partial charge in [-0.2, -0.15) is 0 Å². The highest BCUT2D eigenvalue weighted by Crippen LogP contribution is 1.95. The molecule has 0 fully saturated rings. The molecule has 0 aromatic carbocycles. The lowest BCUT2D eigenvalue weighted by molar-refractivity contribution is -0.308. The smallest absolute Gasteiger partial charge is 0.185 e. The number of nitrogens with two attached hydrogens (primary N) is 2. The standard InChI is InChI=1S/C7H16N4O2.2ClH/c1-10-5(6(12)13)3-2-4-11-7(8)9;;/h5,10H,2-4H2,1H3,(H,12,13)(H4,8,9,11);2*1H/p-1. The number of carboxylic acid groups (broad SMARTS) is 1. The van der Waals surface area contributed by atoms with Crippen LogP contribution in [0.25, 0.3) is 0 Å². The molecular weight excluding hydrogens is 243 g/mol. The quantitative estimate of drug-likeness (QED) is 0.296. The summed E-state index contributed by atoms with van der Waals surface area (Å²) in [6, 6.07) is -0.630. The zero-order valence-electron chi connectivity index (χ0n) is 8.43. The highest BCUT2D eigenvalue weighted by atomic mass is 35.5. The van der Waals surface area contributed by atoms with Gasteiger partial charge in [-0.3, -0.25) is 4.99 Å². The van der Waals surface area contributed by atoms with Gasteiger partial charge in [-0.05, 0) is 19.9 Å². The molecule has 92 valence electrons. The highest BCUT2D eigenvalue weighted by molar-refractivity contribution is 5.85. The molecule has 1 atom stereocenters. The molecule has 0 heterocycles. The van der Waals surface area contributed by atoms with E-state index in [-0.39, 0.29) is 30.8 Å². The normalized spacial score (nSPS) is 10.5. The SMILES string of the molecule is CNC(CCCN=C(N)N)C(=O)[O-].Cl.Cl. The Balaban J connectivity index is -0.000000720. The molecule has 0 saturated carbocycles. The van der Waals surface area contributed by atoms with Crippen LogP contribution in [-0.2, 0) is 4.79 Å². The number of carbonyl (C=O) groups excluding carboxylic acids is 1. The predicted molar refractivity (Wildman–Crippen MR) is 62.3 cm³/mol. The van der Waals surface area contributed by atoms with Crippen LogP contribution in [0.2, 0.25) is 0 Å². The van der Waals surface area contributed by atoms with E-state index >= 15 is 0 Å². The molecule has 0 aromatic heterocycles. The fourth-order valence-electron chi connectivity index (χ4n) is 0.884. The second-order valence-electron chi connectivity index (χ2n) is 2.61. The molecule has 0 bridgehead atoms. The van der Waals surface area contributed by atoms with Crippen LogP contribution in [0.3, 0.4) is 0 Å². The van der Waals surface area contributed by atoms with Gasteiger partial charge in [0.2, 0.25) is 0 Å². The number of hydrogen-bond acceptors (Lipinski definition) is 4. The third-order valence-electron chi connectivity index (χ3n) is 1.58. The number of hydrogen-bond donors (Lipinski definition) is 3. The lowest BCUT2D eigenvalue weighted by Crippen LogP contribution is -2.43. The van der Waals surface area contributed by atoms with Gasteiger partial charge in [0.1, 0.15) is 0 Å². The summed E-state index contributed by atoms with van der Waals surface area (Å²) >= 11 is 0. The van der Waals surface area contributed by atoms with Crippen LogP contribution in [-0.4, -0.2) is 31.6 Å². The zero-order valence-corrected chi connectivity index (χ0v) is 10.1. The second kappa shape index (κ2) is 11.4. The summed E-state index contributed by atoms with van der Waals surface area (Å²) in [5.41, 5.74) is 10.2. The molecule has 8 heteroatoms. The molecule has 0 saturated heterocycles. The Morgan fingerprint density at radius 1 is 1.47 bits per heavy atom. The van der Waals surface area contributed by atoms with Crippen LogP contribution in [0.5, 0.6) is 0 Å². The summed E-state index contributed by atoms with van der Waals surface area (Å²) in [7, 11) is 1.57. The zero-order chi connectivity index (χ0) is 10.3. The van der Waals surface area contributed by atoms with Crippen molar-refractivity contribution in [3.05, 3.63) is 0 Å². The molecule has 0 aliphatic heterocycles. The van der Waals surface area contributed by atoms with Crippen molar-refractivity contribution in [1.29, 1.82) is 0 Å². The second-order valence-corrected chi connectivity index (χ2v) is 2.61. The van der Waals surface area contributed by atoms with E-state index in [0.29, 0.717) is 19.4 Å². The molecule has 0 aliphatic carbocycles. The summed E-state index contributed by atoms with van der Waals surface area (Å²) in [5.74, 6) is -1.08. The predicted octanol–water partition coefficient (Wildman–Crippen LogP) is -1.78. The minimum Gasteiger partial charge on any atom is -0.548 e. The summed E-state index contributed by atoms with van der Waals surface area (Å²) in [6.45, 7) is 0.438. The fourth-order valence-corrected chi connectivity index (χ4v) is 0.884. The van der Waals surface area contributed by atoms with Gasteiger partial charge in [0.15, 0.2) is 5.96 Å². The van der Waals surface area contributed by atoms with E-state index in [1.165, 1.54) is 0 Å². The Labute approximate surface area is 101 Å². The van der Waals surface area contributed by atoms with E-state index in [1.807, 2.05) is 0 Å². The van der Waals surface area contributed by atoms with Gasteiger partial charge in [0, 0.05) is 12.6 Å². The Morgan fingerprint density at radius 3 is 2.33 bits per heavy atom. The lowest BCUT2D eigenvalue weighted by Gasteiger charge is -2.15. The summed E-state index contributed by atoms with van der Waals surface area (Å²) in [6.07, 6.45) is 1.06. The number of carbonyl (C=O) groups is 1. The van der Waals surface area contributed by atoms with E-state index in [9.17, 15) is 9.90 Å². The van der Waals surface area contributed by atoms with E-state index in [2.05, 4.69) is 10.3 Å². The maximum Gasteiger partial charge on any atom is 0.185 e. The molecule has 0 spiro atoms. The molecule has 0 amide bonds. The minimum absolute atomic E-state index is 0. The maximum atomic E-state index is 10.4. The Morgan fingerprint density at radius 2 is 2.00 bits per heavy atom. The molecule has 0 aliphatic rings. The average Bonchev–Trinajstić information content (AvgIpc) is 2.03. The van der Waals surface area contributed by atoms with Crippen molar-refractivity contribution >= 4 is 36.7 Å². The Hall–Kier alpha value is -0.720. The number of guanidine groups is 1. The van der Waals surface area contributed by atoms with Crippen LogP contribution in [0, 0.1) is 0 Å². The van der Waals surface area contributed by atoms with Gasteiger partial charge in [0.05, 0.1) is 5.97 Å². The van der Waals surface area contributed by atoms with Crippen LogP contribution in [0.15, 0.2) is 4.99 Å². The number of aliphatic imine (C=N–C) groups is 1. The van der Waals surface area contributed by atoms with Gasteiger partial charge in [0.25, 0.3) is 0 Å². The van der Waals surface area contributed by atoms with E-state index in [1.54, 1.807) is 7.05 Å². The van der Waals surface area contributed by atoms with Crippen molar-refractivity contribution in [2.45, 2.75) is 18.9 Å². The van der Waals surface area contributed by atoms with Crippen molar-refractivity contribution < 1.29 is 9.90 Å². The molecule has 15 heavy (non-hydrogen) atoms. The van der Waals surface area contributed by atoms with E-state index < -0.39 is 12.0 Å². The first kappa shape index (κ1) is 19.8. The van der Waals surface area contributed by atoms with Gasteiger partial charge in [-0.25, -0.2) is 0 Å². The van der Waals surface area contributed by atoms with Crippen molar-refractivity contribution in [3.8, 4) is 0 Å². The van der Waals surface area contributed by atoms with Crippen LogP contribution >= 0.6 is 24.8 Å². The maximum absolute atomic E-state index is 10.4. The fraction of sp³-hybridized carbons (Fsp3) is 0.714. The molecule has 0 radical (unpaired) electrons. The van der Waals surface area contributed by atoms with Gasteiger partial charge in [-0.15, -0.1) is 24.8 Å². The lowest BCUT2D eigenvalue weighted by atomic mass is 10.1. The summed E-state index contributed by atoms with van der Waals surface area (Å²) in [4.78, 5) is 14.1. The number of carboxylic acids is 1. The molecule has 0 aromatic rings.